The van der Waals surface area contributed by atoms with E-state index in [1.807, 2.05) is 13.0 Å². The van der Waals surface area contributed by atoms with Crippen molar-refractivity contribution in [1.82, 2.24) is 0 Å². The minimum Gasteiger partial charge on any atom is -0.481 e. The normalized spacial score (nSPS) is 12.2. The van der Waals surface area contributed by atoms with Gasteiger partial charge in [0.15, 0.2) is 8.32 Å². The first-order valence-electron chi connectivity index (χ1n) is 10.1. The van der Waals surface area contributed by atoms with E-state index >= 15 is 0 Å². The molecule has 3 nitrogen and oxygen atoms in total. The lowest BCUT2D eigenvalue weighted by molar-refractivity contribution is -0.137. The minimum absolute atomic E-state index is 0.0482. The predicted octanol–water partition coefficient (Wildman–Crippen LogP) is 5.78. The van der Waals surface area contributed by atoms with Gasteiger partial charge in [-0.25, -0.2) is 0 Å². The zero-order valence-corrected chi connectivity index (χ0v) is 19.4. The summed E-state index contributed by atoms with van der Waals surface area (Å²) in [5, 5.41) is 8.75. The second kappa shape index (κ2) is 14.1. The van der Waals surface area contributed by atoms with E-state index < -0.39 is 14.3 Å². The summed E-state index contributed by atoms with van der Waals surface area (Å²) in [6.45, 7) is 13.2. The summed E-state index contributed by atoms with van der Waals surface area (Å²) in [6.07, 6.45) is 9.83. The van der Waals surface area contributed by atoms with E-state index in [0.717, 1.165) is 38.5 Å². The third-order valence-corrected chi connectivity index (χ3v) is 9.35. The third-order valence-electron chi connectivity index (χ3n) is 4.78. The molecule has 28 heavy (non-hydrogen) atoms. The highest BCUT2D eigenvalue weighted by Crippen LogP contribution is 2.37. The first-order valence-corrected chi connectivity index (χ1v) is 13.0. The number of allylic oxidation sites excluding steroid dienone is 1. The van der Waals surface area contributed by atoms with Crippen molar-refractivity contribution in [2.24, 2.45) is 0 Å². The fourth-order valence-corrected chi connectivity index (χ4v) is 3.49. The van der Waals surface area contributed by atoms with E-state index in [1.165, 1.54) is 0 Å². The van der Waals surface area contributed by atoms with E-state index in [9.17, 15) is 4.79 Å². The average Bonchev–Trinajstić information content (AvgIpc) is 2.56. The SMILES string of the molecule is C[C@@H](/C=C/C#CC#CC#CCCCCCCCC(=O)O)O[Si](C)(C)C(C)(C)C. The van der Waals surface area contributed by atoms with Gasteiger partial charge in [0.2, 0.25) is 0 Å². The molecular formula is C24H36O3Si. The number of rotatable bonds is 10. The molecule has 0 aromatic rings. The fourth-order valence-electron chi connectivity index (χ4n) is 2.13. The molecule has 0 radical (unpaired) electrons. The molecule has 0 bridgehead atoms. The standard InChI is InChI=1S/C24H36O3Si/c1-22(27-28(5,6)24(2,3)4)20-18-16-14-12-10-8-7-9-11-13-15-17-19-21-23(25)26/h18,20,22H,9,11,13,15,17,19,21H2,1-6H3,(H,25,26)/b20-18+/t22-/m0/s1. The maximum Gasteiger partial charge on any atom is 0.303 e. The van der Waals surface area contributed by atoms with Crippen molar-refractivity contribution in [3.8, 4) is 35.5 Å². The van der Waals surface area contributed by atoms with Crippen molar-refractivity contribution in [2.75, 3.05) is 0 Å². The number of unbranched alkanes of at least 4 members (excludes halogenated alkanes) is 5. The van der Waals surface area contributed by atoms with Crippen molar-refractivity contribution >= 4 is 14.3 Å². The van der Waals surface area contributed by atoms with E-state index in [0.29, 0.717) is 0 Å². The quantitative estimate of drug-likeness (QED) is 0.287. The first kappa shape index (κ1) is 26.1. The van der Waals surface area contributed by atoms with Crippen molar-refractivity contribution < 1.29 is 14.3 Å². The molecule has 0 unspecified atom stereocenters. The maximum absolute atomic E-state index is 10.4. The van der Waals surface area contributed by atoms with Crippen LogP contribution in [-0.4, -0.2) is 25.5 Å². The van der Waals surface area contributed by atoms with Gasteiger partial charge in [0.25, 0.3) is 0 Å². The summed E-state index contributed by atoms with van der Waals surface area (Å²) in [7, 11) is -1.75. The molecule has 0 aliphatic carbocycles. The van der Waals surface area contributed by atoms with Crippen LogP contribution in [0.3, 0.4) is 0 Å². The van der Waals surface area contributed by atoms with Gasteiger partial charge < -0.3 is 9.53 Å². The number of carboxylic acid groups (broad SMARTS) is 1. The molecule has 1 N–H and O–H groups in total. The second-order valence-corrected chi connectivity index (χ2v) is 13.2. The van der Waals surface area contributed by atoms with Gasteiger partial charge in [0.05, 0.1) is 6.10 Å². The van der Waals surface area contributed by atoms with Crippen LogP contribution >= 0.6 is 0 Å². The summed E-state index contributed by atoms with van der Waals surface area (Å²) >= 11 is 0. The van der Waals surface area contributed by atoms with Crippen LogP contribution in [0.25, 0.3) is 0 Å². The van der Waals surface area contributed by atoms with Crippen LogP contribution in [0.5, 0.6) is 0 Å². The molecule has 0 aromatic heterocycles. The lowest BCUT2D eigenvalue weighted by Crippen LogP contribution is -2.42. The van der Waals surface area contributed by atoms with Crippen LogP contribution in [-0.2, 0) is 9.22 Å². The van der Waals surface area contributed by atoms with Crippen LogP contribution in [0, 0.1) is 35.5 Å². The molecule has 154 valence electrons. The van der Waals surface area contributed by atoms with Gasteiger partial charge in [-0.05, 0) is 73.7 Å². The molecule has 0 heterocycles. The third kappa shape index (κ3) is 14.2. The van der Waals surface area contributed by atoms with Gasteiger partial charge in [-0.3, -0.25) is 4.79 Å². The Hall–Kier alpha value is -1.93. The molecule has 0 saturated carbocycles. The van der Waals surface area contributed by atoms with Gasteiger partial charge in [0.1, 0.15) is 0 Å². The van der Waals surface area contributed by atoms with E-state index in [1.54, 1.807) is 6.08 Å². The smallest absolute Gasteiger partial charge is 0.303 e. The van der Waals surface area contributed by atoms with Gasteiger partial charge in [0, 0.05) is 12.8 Å². The van der Waals surface area contributed by atoms with Crippen LogP contribution in [0.1, 0.15) is 72.6 Å². The molecule has 0 spiro atoms. The summed E-state index contributed by atoms with van der Waals surface area (Å²) < 4.78 is 6.23. The van der Waals surface area contributed by atoms with E-state index in [2.05, 4.69) is 69.4 Å². The predicted molar refractivity (Wildman–Crippen MR) is 120 cm³/mol. The zero-order valence-electron chi connectivity index (χ0n) is 18.4. The maximum atomic E-state index is 10.4. The molecule has 0 aliphatic rings. The monoisotopic (exact) mass is 400 g/mol. The Labute approximate surface area is 173 Å². The number of carbonyl (C=O) groups is 1. The van der Waals surface area contributed by atoms with Crippen LogP contribution in [0.4, 0.5) is 0 Å². The van der Waals surface area contributed by atoms with E-state index in [4.69, 9.17) is 9.53 Å². The summed E-state index contributed by atoms with van der Waals surface area (Å²) in [6, 6.07) is 0. The van der Waals surface area contributed by atoms with Crippen molar-refractivity contribution in [2.45, 2.75) is 96.9 Å². The Morgan fingerprint density at radius 2 is 1.64 bits per heavy atom. The van der Waals surface area contributed by atoms with Crippen molar-refractivity contribution in [3.63, 3.8) is 0 Å². The molecule has 0 aliphatic heterocycles. The van der Waals surface area contributed by atoms with Crippen LogP contribution in [0.2, 0.25) is 18.1 Å². The van der Waals surface area contributed by atoms with Gasteiger partial charge in [-0.1, -0.05) is 51.9 Å². The second-order valence-electron chi connectivity index (χ2n) is 8.43. The van der Waals surface area contributed by atoms with Crippen LogP contribution in [0.15, 0.2) is 12.2 Å². The fraction of sp³-hybridized carbons (Fsp3) is 0.625. The number of aliphatic carboxylic acids is 1. The lowest BCUT2D eigenvalue weighted by atomic mass is 10.1. The van der Waals surface area contributed by atoms with E-state index in [-0.39, 0.29) is 17.6 Å². The Kier molecular flexibility index (Phi) is 13.1. The molecule has 0 amide bonds. The Morgan fingerprint density at radius 1 is 1.04 bits per heavy atom. The molecule has 1 atom stereocenters. The minimum atomic E-state index is -1.75. The molecule has 4 heteroatoms. The first-order chi connectivity index (χ1) is 13.1. The lowest BCUT2D eigenvalue weighted by Gasteiger charge is -2.37. The molecule has 0 aromatic carbocycles. The number of hydrogen-bond donors (Lipinski definition) is 1. The van der Waals surface area contributed by atoms with Gasteiger partial charge in [-0.2, -0.15) is 0 Å². The summed E-state index contributed by atoms with van der Waals surface area (Å²) in [5.41, 5.74) is 0. The summed E-state index contributed by atoms with van der Waals surface area (Å²) in [5.74, 6) is 16.3. The Balaban J connectivity index is 4.01. The molecule has 0 rings (SSSR count). The number of carboxylic acids is 1. The van der Waals surface area contributed by atoms with Crippen LogP contribution < -0.4 is 0 Å². The zero-order chi connectivity index (χ0) is 21.5. The molecule has 0 fully saturated rings. The topological polar surface area (TPSA) is 46.5 Å². The number of hydrogen-bond acceptors (Lipinski definition) is 2. The van der Waals surface area contributed by atoms with Crippen molar-refractivity contribution in [1.29, 1.82) is 0 Å². The highest BCUT2D eigenvalue weighted by Gasteiger charge is 2.37. The average molecular weight is 401 g/mol. The van der Waals surface area contributed by atoms with Gasteiger partial charge in [-0.15, -0.1) is 0 Å². The Bertz CT molecular complexity index is 679. The molecular weight excluding hydrogens is 364 g/mol. The highest BCUT2D eigenvalue weighted by molar-refractivity contribution is 6.74. The Morgan fingerprint density at radius 3 is 2.29 bits per heavy atom. The molecule has 0 saturated heterocycles. The van der Waals surface area contributed by atoms with Crippen molar-refractivity contribution in [3.05, 3.63) is 12.2 Å². The summed E-state index contributed by atoms with van der Waals surface area (Å²) in [4.78, 5) is 10.4. The highest BCUT2D eigenvalue weighted by atomic mass is 28.4. The van der Waals surface area contributed by atoms with Gasteiger partial charge >= 0.3 is 5.97 Å². The largest absolute Gasteiger partial charge is 0.481 e.